The van der Waals surface area contributed by atoms with Crippen LogP contribution >= 0.6 is 11.3 Å². The van der Waals surface area contributed by atoms with E-state index < -0.39 is 11.8 Å². The molecule has 0 bridgehead atoms. The maximum atomic E-state index is 13.7. The Morgan fingerprint density at radius 2 is 2.00 bits per heavy atom. The molecule has 6 heteroatoms. The number of ether oxygens (including phenoxy) is 1. The van der Waals surface area contributed by atoms with Crippen LogP contribution in [0.25, 0.3) is 0 Å². The Balaban J connectivity index is 1.84. The quantitative estimate of drug-likeness (QED) is 0.815. The Morgan fingerprint density at radius 3 is 2.76 bits per heavy atom. The fraction of sp³-hybridized carbons (Fsp3) is 0.368. The zero-order valence-electron chi connectivity index (χ0n) is 14.1. The molecule has 0 spiro atoms. The minimum atomic E-state index is -0.409. The molecule has 1 aliphatic carbocycles. The molecule has 0 saturated carbocycles. The molecular weight excluding hydrogens is 341 g/mol. The number of amides is 1. The van der Waals surface area contributed by atoms with Crippen molar-refractivity contribution in [2.45, 2.75) is 39.0 Å². The van der Waals surface area contributed by atoms with Crippen LogP contribution in [0.3, 0.4) is 0 Å². The number of hydrogen-bond donors (Lipinski definition) is 1. The Kier molecular flexibility index (Phi) is 5.48. The number of hydrogen-bond acceptors (Lipinski definition) is 4. The van der Waals surface area contributed by atoms with Gasteiger partial charge in [-0.2, -0.15) is 0 Å². The second-order valence-corrected chi connectivity index (χ2v) is 7.06. The zero-order valence-corrected chi connectivity index (χ0v) is 14.9. The van der Waals surface area contributed by atoms with Crippen LogP contribution in [0, 0.1) is 5.82 Å². The lowest BCUT2D eigenvalue weighted by Crippen LogP contribution is -2.17. The Morgan fingerprint density at radius 1 is 1.24 bits per heavy atom. The highest BCUT2D eigenvalue weighted by molar-refractivity contribution is 7.17. The lowest BCUT2D eigenvalue weighted by atomic mass is 9.95. The molecule has 0 fully saturated rings. The molecule has 1 heterocycles. The van der Waals surface area contributed by atoms with E-state index in [0.717, 1.165) is 36.1 Å². The number of aryl methyl sites for hydroxylation is 1. The molecule has 132 valence electrons. The molecular formula is C19H20FNO3S. The van der Waals surface area contributed by atoms with E-state index in [4.69, 9.17) is 4.74 Å². The standard InChI is InChI=1S/C19H20FNO3S/c1-2-24-19(23)17-13-8-4-6-10-15(13)25-18(17)21-16(22)11-12-7-3-5-9-14(12)20/h3,5,7,9H,2,4,6,8,10-11H2,1H3,(H,21,22). The zero-order chi connectivity index (χ0) is 17.8. The van der Waals surface area contributed by atoms with E-state index in [1.165, 1.54) is 17.4 Å². The van der Waals surface area contributed by atoms with Crippen molar-refractivity contribution in [3.05, 3.63) is 51.7 Å². The van der Waals surface area contributed by atoms with Crippen molar-refractivity contribution in [1.82, 2.24) is 0 Å². The van der Waals surface area contributed by atoms with Gasteiger partial charge in [0.1, 0.15) is 10.8 Å². The first-order valence-electron chi connectivity index (χ1n) is 8.45. The van der Waals surface area contributed by atoms with Gasteiger partial charge in [0.05, 0.1) is 18.6 Å². The average molecular weight is 361 g/mol. The maximum Gasteiger partial charge on any atom is 0.341 e. The number of carbonyl (C=O) groups is 2. The summed E-state index contributed by atoms with van der Waals surface area (Å²) in [6, 6.07) is 6.19. The molecule has 0 radical (unpaired) electrons. The fourth-order valence-electron chi connectivity index (χ4n) is 3.06. The van der Waals surface area contributed by atoms with Gasteiger partial charge in [-0.15, -0.1) is 11.3 Å². The van der Waals surface area contributed by atoms with Crippen molar-refractivity contribution < 1.29 is 18.7 Å². The average Bonchev–Trinajstić information content (AvgIpc) is 2.95. The molecule has 4 nitrogen and oxygen atoms in total. The molecule has 1 aromatic carbocycles. The first-order chi connectivity index (χ1) is 12.1. The normalized spacial score (nSPS) is 13.2. The fourth-order valence-corrected chi connectivity index (χ4v) is 4.35. The largest absolute Gasteiger partial charge is 0.462 e. The highest BCUT2D eigenvalue weighted by Gasteiger charge is 2.27. The molecule has 3 rings (SSSR count). The molecule has 1 aromatic heterocycles. The lowest BCUT2D eigenvalue weighted by Gasteiger charge is -2.12. The van der Waals surface area contributed by atoms with Gasteiger partial charge in [-0.3, -0.25) is 4.79 Å². The summed E-state index contributed by atoms with van der Waals surface area (Å²) < 4.78 is 18.9. The van der Waals surface area contributed by atoms with Crippen LogP contribution in [-0.2, 0) is 28.8 Å². The smallest absolute Gasteiger partial charge is 0.341 e. The number of halogens is 1. The Bertz CT molecular complexity index is 800. The number of rotatable bonds is 5. The maximum absolute atomic E-state index is 13.7. The van der Waals surface area contributed by atoms with Gasteiger partial charge in [-0.1, -0.05) is 18.2 Å². The minimum Gasteiger partial charge on any atom is -0.462 e. The number of carbonyl (C=O) groups excluding carboxylic acids is 2. The second kappa shape index (κ2) is 7.78. The molecule has 1 N–H and O–H groups in total. The predicted octanol–water partition coefficient (Wildman–Crippen LogP) is 4.12. The van der Waals surface area contributed by atoms with E-state index in [0.29, 0.717) is 16.1 Å². The number of thiophene rings is 1. The summed E-state index contributed by atoms with van der Waals surface area (Å²) in [5.41, 5.74) is 1.80. The van der Waals surface area contributed by atoms with E-state index in [2.05, 4.69) is 5.32 Å². The monoisotopic (exact) mass is 361 g/mol. The van der Waals surface area contributed by atoms with Crippen LogP contribution in [0.4, 0.5) is 9.39 Å². The van der Waals surface area contributed by atoms with E-state index in [-0.39, 0.29) is 18.9 Å². The van der Waals surface area contributed by atoms with Crippen LogP contribution in [0.5, 0.6) is 0 Å². The van der Waals surface area contributed by atoms with Crippen molar-refractivity contribution in [3.8, 4) is 0 Å². The summed E-state index contributed by atoms with van der Waals surface area (Å²) in [7, 11) is 0. The third-order valence-electron chi connectivity index (χ3n) is 4.21. The molecule has 0 saturated heterocycles. The molecule has 0 aliphatic heterocycles. The summed E-state index contributed by atoms with van der Waals surface area (Å²) >= 11 is 1.43. The van der Waals surface area contributed by atoms with Gasteiger partial charge in [-0.25, -0.2) is 9.18 Å². The van der Waals surface area contributed by atoms with Crippen molar-refractivity contribution >= 4 is 28.2 Å². The molecule has 0 unspecified atom stereocenters. The van der Waals surface area contributed by atoms with Crippen molar-refractivity contribution in [1.29, 1.82) is 0 Å². The van der Waals surface area contributed by atoms with Crippen LogP contribution in [-0.4, -0.2) is 18.5 Å². The van der Waals surface area contributed by atoms with Crippen LogP contribution in [0.2, 0.25) is 0 Å². The summed E-state index contributed by atoms with van der Waals surface area (Å²) in [6.07, 6.45) is 3.77. The topological polar surface area (TPSA) is 55.4 Å². The summed E-state index contributed by atoms with van der Waals surface area (Å²) in [5.74, 6) is -1.15. The van der Waals surface area contributed by atoms with Crippen molar-refractivity contribution in [3.63, 3.8) is 0 Å². The second-order valence-electron chi connectivity index (χ2n) is 5.95. The third kappa shape index (κ3) is 3.90. The summed E-state index contributed by atoms with van der Waals surface area (Å²) in [6.45, 7) is 2.04. The highest BCUT2D eigenvalue weighted by Crippen LogP contribution is 2.38. The highest BCUT2D eigenvalue weighted by atomic mass is 32.1. The number of nitrogens with one attached hydrogen (secondary N) is 1. The summed E-state index contributed by atoms with van der Waals surface area (Å²) in [5, 5.41) is 3.31. The molecule has 2 aromatic rings. The van der Waals surface area contributed by atoms with Gasteiger partial charge in [0.15, 0.2) is 0 Å². The van der Waals surface area contributed by atoms with Gasteiger partial charge in [0.25, 0.3) is 0 Å². The Hall–Kier alpha value is -2.21. The minimum absolute atomic E-state index is 0.0719. The predicted molar refractivity (Wildman–Crippen MR) is 95.7 cm³/mol. The van der Waals surface area contributed by atoms with Gasteiger partial charge >= 0.3 is 5.97 Å². The van der Waals surface area contributed by atoms with E-state index in [9.17, 15) is 14.0 Å². The lowest BCUT2D eigenvalue weighted by molar-refractivity contribution is -0.115. The van der Waals surface area contributed by atoms with Crippen molar-refractivity contribution in [2.75, 3.05) is 11.9 Å². The molecule has 0 atom stereocenters. The van der Waals surface area contributed by atoms with Gasteiger partial charge in [0, 0.05) is 4.88 Å². The number of benzene rings is 1. The van der Waals surface area contributed by atoms with Gasteiger partial charge in [-0.05, 0) is 49.8 Å². The molecule has 25 heavy (non-hydrogen) atoms. The number of anilines is 1. The number of fused-ring (bicyclic) bond motifs is 1. The first kappa shape index (κ1) is 17.6. The molecule has 1 amide bonds. The van der Waals surface area contributed by atoms with Crippen LogP contribution < -0.4 is 5.32 Å². The summed E-state index contributed by atoms with van der Waals surface area (Å²) in [4.78, 5) is 25.9. The van der Waals surface area contributed by atoms with E-state index in [1.54, 1.807) is 25.1 Å². The van der Waals surface area contributed by atoms with E-state index >= 15 is 0 Å². The molecule has 1 aliphatic rings. The third-order valence-corrected chi connectivity index (χ3v) is 5.42. The van der Waals surface area contributed by atoms with E-state index in [1.807, 2.05) is 0 Å². The van der Waals surface area contributed by atoms with Crippen LogP contribution in [0.15, 0.2) is 24.3 Å². The SMILES string of the molecule is CCOC(=O)c1c(NC(=O)Cc2ccccc2F)sc2c1CCCC2. The Labute approximate surface area is 150 Å². The van der Waals surface area contributed by atoms with Gasteiger partial charge < -0.3 is 10.1 Å². The number of esters is 1. The van der Waals surface area contributed by atoms with Gasteiger partial charge in [0.2, 0.25) is 5.91 Å². The van der Waals surface area contributed by atoms with Crippen LogP contribution in [0.1, 0.15) is 46.1 Å². The van der Waals surface area contributed by atoms with Crippen molar-refractivity contribution in [2.24, 2.45) is 0 Å². The first-order valence-corrected chi connectivity index (χ1v) is 9.26.